The zero-order valence-corrected chi connectivity index (χ0v) is 60.7. The molecule has 4 heterocycles. The predicted octanol–water partition coefficient (Wildman–Crippen LogP) is 24.6. The van der Waals surface area contributed by atoms with Gasteiger partial charge in [0.05, 0.1) is 22.2 Å². The maximum atomic E-state index is 5.56. The third-order valence-electron chi connectivity index (χ3n) is 23.6. The highest BCUT2D eigenvalue weighted by Crippen LogP contribution is 2.67. The van der Waals surface area contributed by atoms with Gasteiger partial charge in [0, 0.05) is 69.9 Å². The van der Waals surface area contributed by atoms with Crippen LogP contribution >= 0.6 is 0 Å². The molecule has 6 nitrogen and oxygen atoms in total. The lowest BCUT2D eigenvalue weighted by atomic mass is 9.70. The minimum atomic E-state index is -0.603. The second-order valence-electron chi connectivity index (χ2n) is 29.7. The van der Waals surface area contributed by atoms with E-state index in [2.05, 4.69) is 360 Å². The molecular weight excluding hydrogens is 1320 g/mol. The molecule has 0 fully saturated rings. The predicted molar refractivity (Wildman–Crippen MR) is 443 cm³/mol. The van der Waals surface area contributed by atoms with Gasteiger partial charge in [-0.3, -0.25) is 9.97 Å². The minimum absolute atomic E-state index is 0.545. The van der Waals surface area contributed by atoms with E-state index >= 15 is 0 Å². The number of pyridine rings is 2. The molecule has 0 saturated heterocycles. The van der Waals surface area contributed by atoms with Crippen LogP contribution in [0.1, 0.15) is 78.3 Å². The Kier molecular flexibility index (Phi) is 14.6. The summed E-state index contributed by atoms with van der Waals surface area (Å²) in [6.45, 7) is 8.54. The van der Waals surface area contributed by atoms with Crippen molar-refractivity contribution in [2.75, 3.05) is 0 Å². The molecule has 17 aromatic rings. The van der Waals surface area contributed by atoms with Crippen LogP contribution in [-0.4, -0.2) is 29.9 Å². The fourth-order valence-electron chi connectivity index (χ4n) is 19.0. The lowest BCUT2D eigenvalue weighted by Gasteiger charge is -2.31. The summed E-state index contributed by atoms with van der Waals surface area (Å²) < 4.78 is 0. The number of rotatable bonds is 11. The Bertz CT molecular complexity index is 6540. The average molecular weight is 1390 g/mol. The summed E-state index contributed by atoms with van der Waals surface area (Å²) in [4.78, 5) is 31.3. The molecule has 4 aliphatic rings. The van der Waals surface area contributed by atoms with E-state index in [-0.39, 0.29) is 0 Å². The van der Waals surface area contributed by atoms with Gasteiger partial charge in [-0.25, -0.2) is 19.9 Å². The van der Waals surface area contributed by atoms with Crippen molar-refractivity contribution >= 4 is 0 Å². The van der Waals surface area contributed by atoms with Crippen molar-refractivity contribution in [2.24, 2.45) is 0 Å². The van der Waals surface area contributed by atoms with Gasteiger partial charge < -0.3 is 0 Å². The summed E-state index contributed by atoms with van der Waals surface area (Å²) in [5.41, 5.74) is 42.5. The largest absolute Gasteiger partial charge is 0.264 e. The summed E-state index contributed by atoms with van der Waals surface area (Å²) in [7, 11) is 0. The molecule has 0 N–H and O–H groups in total. The maximum Gasteiger partial charge on any atom is 0.160 e. The number of nitrogens with zero attached hydrogens (tertiary/aromatic N) is 6. The Hall–Kier alpha value is -13.7. The van der Waals surface area contributed by atoms with E-state index in [9.17, 15) is 0 Å². The van der Waals surface area contributed by atoms with Gasteiger partial charge in [0.1, 0.15) is 0 Å². The highest BCUT2D eigenvalue weighted by molar-refractivity contribution is 6.05. The van der Waals surface area contributed by atoms with Crippen molar-refractivity contribution in [1.82, 2.24) is 29.9 Å². The Labute approximate surface area is 634 Å². The number of aryl methyl sites for hydroxylation is 4. The van der Waals surface area contributed by atoms with Gasteiger partial charge in [0.15, 0.2) is 11.6 Å². The Morgan fingerprint density at radius 3 is 1.35 bits per heavy atom. The van der Waals surface area contributed by atoms with Crippen LogP contribution in [0.2, 0.25) is 0 Å². The van der Waals surface area contributed by atoms with Crippen LogP contribution in [0.15, 0.2) is 340 Å². The number of hydrogen-bond donors (Lipinski definition) is 0. The first kappa shape index (κ1) is 63.8. The van der Waals surface area contributed by atoms with Gasteiger partial charge in [-0.1, -0.05) is 279 Å². The molecule has 109 heavy (non-hydrogen) atoms. The fraction of sp³-hybridized carbons (Fsp3) is 0.0680. The summed E-state index contributed by atoms with van der Waals surface area (Å²) in [5, 5.41) is 0. The molecule has 512 valence electrons. The highest BCUT2D eigenvalue weighted by Gasteiger charge is 2.54. The fourth-order valence-corrected chi connectivity index (χ4v) is 19.0. The van der Waals surface area contributed by atoms with Gasteiger partial charge in [0.25, 0.3) is 0 Å². The lowest BCUT2D eigenvalue weighted by Crippen LogP contribution is -2.26. The zero-order valence-electron chi connectivity index (χ0n) is 60.7. The van der Waals surface area contributed by atoms with Crippen molar-refractivity contribution in [3.8, 4) is 145 Å². The molecule has 0 unspecified atom stereocenters. The molecule has 2 spiro atoms. The van der Waals surface area contributed by atoms with Crippen molar-refractivity contribution in [3.05, 3.63) is 418 Å². The van der Waals surface area contributed by atoms with Crippen LogP contribution in [0, 0.1) is 27.7 Å². The van der Waals surface area contributed by atoms with Crippen molar-refractivity contribution in [2.45, 2.75) is 44.9 Å². The van der Waals surface area contributed by atoms with Crippen molar-refractivity contribution in [1.29, 1.82) is 0 Å². The highest BCUT2D eigenvalue weighted by atomic mass is 14.9. The van der Waals surface area contributed by atoms with Crippen LogP contribution in [0.25, 0.3) is 145 Å². The van der Waals surface area contributed by atoms with E-state index in [0.717, 1.165) is 107 Å². The Morgan fingerprint density at radius 1 is 0.248 bits per heavy atom. The molecular formula is C103H70N6. The number of aromatic nitrogens is 6. The monoisotopic (exact) mass is 1390 g/mol. The average Bonchev–Trinajstić information content (AvgIpc) is 1.51. The molecule has 0 aliphatic heterocycles. The van der Waals surface area contributed by atoms with Crippen LogP contribution < -0.4 is 0 Å². The van der Waals surface area contributed by atoms with E-state index in [4.69, 9.17) is 24.9 Å². The van der Waals surface area contributed by atoms with Crippen LogP contribution in [0.5, 0.6) is 0 Å². The topological polar surface area (TPSA) is 77.3 Å². The van der Waals surface area contributed by atoms with E-state index in [1.807, 2.05) is 12.4 Å². The normalized spacial score (nSPS) is 13.1. The lowest BCUT2D eigenvalue weighted by molar-refractivity contribution is 0.794. The van der Waals surface area contributed by atoms with Gasteiger partial charge in [0.2, 0.25) is 0 Å². The van der Waals surface area contributed by atoms with E-state index in [0.29, 0.717) is 12.2 Å². The molecule has 21 rings (SSSR count). The molecule has 0 radical (unpaired) electrons. The Balaban J connectivity index is 0.624. The summed E-state index contributed by atoms with van der Waals surface area (Å²) >= 11 is 0. The van der Waals surface area contributed by atoms with Crippen LogP contribution in [0.3, 0.4) is 0 Å². The second-order valence-corrected chi connectivity index (χ2v) is 29.7. The first-order valence-electron chi connectivity index (χ1n) is 37.7. The first-order valence-corrected chi connectivity index (χ1v) is 37.7. The summed E-state index contributed by atoms with van der Waals surface area (Å²) in [6, 6.07) is 118. The molecule has 0 saturated carbocycles. The van der Waals surface area contributed by atoms with Gasteiger partial charge in [-0.15, -0.1) is 0 Å². The first-order chi connectivity index (χ1) is 53.7. The second kappa shape index (κ2) is 25.0. The third kappa shape index (κ3) is 9.81. The molecule has 13 aromatic carbocycles. The third-order valence-corrected chi connectivity index (χ3v) is 23.6. The Morgan fingerprint density at radius 2 is 0.716 bits per heavy atom. The standard InChI is InChI=1S/C103H70N6/c1-62-53-96(69-23-6-5-7-24-69)105-61-87(62)78-28-11-10-27-77(78)85-58-72(59-95-98(85)83-33-16-21-39-92(83)103(95)90-37-19-14-31-81(90)82-32-15-20-38-91(82)103)100-106-65(4)55-97(109-100)70-47-45-68(46-48-70)67-43-41-66(42-44-67)56-73-54-64(3)107-101(108-73)84-34-22-40-94-99(84)86-57-71(75-25-8-9-26-76(75)74-51-52-104-60-63(74)2)49-50-93(86)102(94)88-35-17-12-29-79(88)80-30-13-18-36-89(80)102/h5-55,57-61H,56H2,1-4H3. The number of fused-ring (bicyclic) bond motifs is 20. The van der Waals surface area contributed by atoms with Crippen molar-refractivity contribution in [3.63, 3.8) is 0 Å². The van der Waals surface area contributed by atoms with Crippen molar-refractivity contribution < 1.29 is 0 Å². The number of hydrogen-bond acceptors (Lipinski definition) is 6. The molecule has 0 amide bonds. The van der Waals surface area contributed by atoms with Gasteiger partial charge >= 0.3 is 0 Å². The van der Waals surface area contributed by atoms with E-state index in [1.165, 1.54) is 111 Å². The van der Waals surface area contributed by atoms with Gasteiger partial charge in [-0.2, -0.15) is 0 Å². The molecule has 6 heteroatoms. The summed E-state index contributed by atoms with van der Waals surface area (Å²) in [5.74, 6) is 1.40. The van der Waals surface area contributed by atoms with Crippen LogP contribution in [-0.2, 0) is 17.3 Å². The molecule has 0 atom stereocenters. The SMILES string of the molecule is Cc1cc(-c2ccc(-c3ccc(Cc4cc(C)nc(-c5cccc6c5-c5cc(-c7ccccc7-c7ccncc7C)ccc5C65c6ccccc6-c6ccccc65)n4)cc3)cc2)nc(-c2cc(-c3ccccc3-c3cnc(-c4ccccc4)cc3C)c3c(c2)C2(c4ccccc4-c4ccccc42)c2ccccc2-3)n1. The quantitative estimate of drug-likeness (QED) is 0.128. The maximum absolute atomic E-state index is 5.56. The summed E-state index contributed by atoms with van der Waals surface area (Å²) in [6.07, 6.45) is 6.55. The van der Waals surface area contributed by atoms with E-state index in [1.54, 1.807) is 0 Å². The van der Waals surface area contributed by atoms with Gasteiger partial charge in [-0.05, 0) is 226 Å². The smallest absolute Gasteiger partial charge is 0.160 e. The van der Waals surface area contributed by atoms with E-state index < -0.39 is 10.8 Å². The zero-order chi connectivity index (χ0) is 72.6. The molecule has 4 aliphatic carbocycles. The molecule has 4 aromatic heterocycles. The number of benzene rings is 13. The minimum Gasteiger partial charge on any atom is -0.264 e. The molecule has 0 bridgehead atoms. The van der Waals surface area contributed by atoms with Crippen LogP contribution in [0.4, 0.5) is 0 Å².